The van der Waals surface area contributed by atoms with E-state index in [9.17, 15) is 13.6 Å². The zero-order valence-electron chi connectivity index (χ0n) is 7.17. The number of rotatable bonds is 2. The maximum Gasteiger partial charge on any atom is 0.272 e. The quantitative estimate of drug-likeness (QED) is 0.788. The summed E-state index contributed by atoms with van der Waals surface area (Å²) in [5, 5.41) is 7.48. The van der Waals surface area contributed by atoms with Crippen molar-refractivity contribution in [3.8, 4) is 6.07 Å². The molecule has 0 spiro atoms. The van der Waals surface area contributed by atoms with Gasteiger partial charge < -0.3 is 5.73 Å². The summed E-state index contributed by atoms with van der Waals surface area (Å²) in [6.07, 6.45) is -2.12. The molecule has 0 aliphatic rings. The Morgan fingerprint density at radius 3 is 2.67 bits per heavy atom. The number of halogens is 3. The van der Waals surface area contributed by atoms with Crippen LogP contribution in [0.3, 0.4) is 0 Å². The second-order valence-corrected chi connectivity index (χ2v) is 2.88. The van der Waals surface area contributed by atoms with E-state index in [-0.39, 0.29) is 5.56 Å². The second kappa shape index (κ2) is 4.19. The third-order valence-corrected chi connectivity index (χ3v) is 1.86. The molecule has 0 aliphatic heterocycles. The zero-order valence-corrected chi connectivity index (χ0v) is 7.92. The second-order valence-electron chi connectivity index (χ2n) is 2.53. The van der Waals surface area contributed by atoms with Gasteiger partial charge in [0.1, 0.15) is 11.8 Å². The highest BCUT2D eigenvalue weighted by Gasteiger charge is 2.22. The van der Waals surface area contributed by atoms with Crippen LogP contribution >= 0.6 is 11.6 Å². The van der Waals surface area contributed by atoms with Gasteiger partial charge in [-0.25, -0.2) is 13.8 Å². The molecular formula is C8H4ClF2N3O. The van der Waals surface area contributed by atoms with Gasteiger partial charge in [0.05, 0.1) is 16.8 Å². The molecule has 0 fully saturated rings. The lowest BCUT2D eigenvalue weighted by Gasteiger charge is -2.08. The van der Waals surface area contributed by atoms with Gasteiger partial charge in [0.2, 0.25) is 0 Å². The van der Waals surface area contributed by atoms with Crippen LogP contribution in [0.1, 0.15) is 28.0 Å². The molecule has 2 N–H and O–H groups in total. The molecule has 7 heteroatoms. The minimum atomic E-state index is -2.96. The third kappa shape index (κ3) is 2.02. The van der Waals surface area contributed by atoms with Gasteiger partial charge in [0.15, 0.2) is 0 Å². The van der Waals surface area contributed by atoms with E-state index in [1.807, 2.05) is 0 Å². The molecule has 0 unspecified atom stereocenters. The summed E-state index contributed by atoms with van der Waals surface area (Å²) in [6, 6.07) is 1.51. The molecule has 1 aromatic heterocycles. The number of hydrogen-bond acceptors (Lipinski definition) is 4. The molecule has 1 aromatic rings. The maximum absolute atomic E-state index is 12.5. The molecule has 0 aliphatic carbocycles. The molecule has 4 nitrogen and oxygen atoms in total. The maximum atomic E-state index is 12.5. The van der Waals surface area contributed by atoms with Gasteiger partial charge in [-0.2, -0.15) is 5.26 Å². The van der Waals surface area contributed by atoms with Crippen molar-refractivity contribution in [2.45, 2.75) is 6.43 Å². The van der Waals surface area contributed by atoms with Gasteiger partial charge in [-0.3, -0.25) is 4.79 Å². The van der Waals surface area contributed by atoms with Crippen molar-refractivity contribution in [1.82, 2.24) is 4.98 Å². The van der Waals surface area contributed by atoms with Crippen molar-refractivity contribution in [3.05, 3.63) is 23.0 Å². The number of nitrogens with zero attached hydrogens (tertiary/aromatic N) is 2. The number of nitriles is 1. The highest BCUT2D eigenvalue weighted by molar-refractivity contribution is 6.68. The molecule has 0 amide bonds. The summed E-state index contributed by atoms with van der Waals surface area (Å²) in [6.45, 7) is 0. The molecule has 0 saturated heterocycles. The fourth-order valence-electron chi connectivity index (χ4n) is 1.02. The largest absolute Gasteiger partial charge is 0.396 e. The predicted octanol–water partition coefficient (Wildman–Crippen LogP) is 1.85. The number of nitrogen functional groups attached to an aromatic ring is 1. The summed E-state index contributed by atoms with van der Waals surface area (Å²) in [5.74, 6) is 0. The molecule has 0 aromatic carbocycles. The van der Waals surface area contributed by atoms with Crippen molar-refractivity contribution in [3.63, 3.8) is 0 Å². The molecule has 1 heterocycles. The summed E-state index contributed by atoms with van der Waals surface area (Å²) >= 11 is 5.07. The topological polar surface area (TPSA) is 79.8 Å². The normalized spacial score (nSPS) is 10.1. The molecule has 0 saturated carbocycles. The minimum Gasteiger partial charge on any atom is -0.396 e. The molecule has 78 valence electrons. The number of carbonyl (C=O) groups is 1. The molecular weight excluding hydrogens is 228 g/mol. The molecule has 0 radical (unpaired) electrons. The van der Waals surface area contributed by atoms with E-state index < -0.39 is 28.6 Å². The first-order valence-corrected chi connectivity index (χ1v) is 4.03. The van der Waals surface area contributed by atoms with Crippen LogP contribution in [0.25, 0.3) is 0 Å². The Morgan fingerprint density at radius 2 is 2.27 bits per heavy atom. The van der Waals surface area contributed by atoms with E-state index in [0.717, 1.165) is 6.20 Å². The summed E-state index contributed by atoms with van der Waals surface area (Å²) in [5.41, 5.74) is 3.16. The van der Waals surface area contributed by atoms with E-state index in [1.165, 1.54) is 6.07 Å². The van der Waals surface area contributed by atoms with E-state index in [2.05, 4.69) is 4.98 Å². The number of carbonyl (C=O) groups excluding carboxylic acids is 1. The average Bonchev–Trinajstić information content (AvgIpc) is 2.15. The molecule has 1 rings (SSSR count). The standard InChI is InChI=1S/C8H4ClF2N3O/c9-7(15)6-5(13)4(8(10)11)3(1-12)2-14-6/h2,8H,13H2. The van der Waals surface area contributed by atoms with E-state index >= 15 is 0 Å². The SMILES string of the molecule is N#Cc1cnc(C(=O)Cl)c(N)c1C(F)F. The van der Waals surface area contributed by atoms with Crippen LogP contribution in [0.2, 0.25) is 0 Å². The third-order valence-electron chi connectivity index (χ3n) is 1.68. The lowest BCUT2D eigenvalue weighted by Crippen LogP contribution is -2.07. The molecule has 0 bridgehead atoms. The van der Waals surface area contributed by atoms with Crippen LogP contribution in [0, 0.1) is 11.3 Å². The van der Waals surface area contributed by atoms with Gasteiger partial charge in [-0.15, -0.1) is 0 Å². The fourth-order valence-corrected chi connectivity index (χ4v) is 1.17. The van der Waals surface area contributed by atoms with E-state index in [4.69, 9.17) is 22.6 Å². The fraction of sp³-hybridized carbons (Fsp3) is 0.125. The molecule has 0 atom stereocenters. The Labute approximate surface area is 88.3 Å². The highest BCUT2D eigenvalue weighted by atomic mass is 35.5. The van der Waals surface area contributed by atoms with Crippen LogP contribution in [-0.2, 0) is 0 Å². The number of alkyl halides is 2. The van der Waals surface area contributed by atoms with E-state index in [1.54, 1.807) is 0 Å². The van der Waals surface area contributed by atoms with Crippen molar-refractivity contribution < 1.29 is 13.6 Å². The van der Waals surface area contributed by atoms with Gasteiger partial charge in [0.25, 0.3) is 11.7 Å². The van der Waals surface area contributed by atoms with Gasteiger partial charge in [0, 0.05) is 6.20 Å². The summed E-state index contributed by atoms with van der Waals surface area (Å²) < 4.78 is 25.0. The number of aromatic nitrogens is 1. The number of anilines is 1. The Bertz CT molecular complexity index is 456. The van der Waals surface area contributed by atoms with Crippen LogP contribution < -0.4 is 5.73 Å². The highest BCUT2D eigenvalue weighted by Crippen LogP contribution is 2.30. The van der Waals surface area contributed by atoms with Crippen molar-refractivity contribution in [2.75, 3.05) is 5.73 Å². The van der Waals surface area contributed by atoms with E-state index in [0.29, 0.717) is 0 Å². The minimum absolute atomic E-state index is 0.371. The first-order valence-electron chi connectivity index (χ1n) is 3.65. The smallest absolute Gasteiger partial charge is 0.272 e. The van der Waals surface area contributed by atoms with Crippen LogP contribution in [0.4, 0.5) is 14.5 Å². The lowest BCUT2D eigenvalue weighted by atomic mass is 10.1. The monoisotopic (exact) mass is 231 g/mol. The molecule has 15 heavy (non-hydrogen) atoms. The zero-order chi connectivity index (χ0) is 11.6. The first-order chi connectivity index (χ1) is 6.99. The number of nitrogens with two attached hydrogens (primary N) is 1. The Kier molecular flexibility index (Phi) is 3.17. The number of pyridine rings is 1. The van der Waals surface area contributed by atoms with Gasteiger partial charge >= 0.3 is 0 Å². The Hall–Kier alpha value is -1.74. The lowest BCUT2D eigenvalue weighted by molar-refractivity contribution is 0.107. The summed E-state index contributed by atoms with van der Waals surface area (Å²) in [4.78, 5) is 14.2. The first kappa shape index (κ1) is 11.3. The van der Waals surface area contributed by atoms with Crippen molar-refractivity contribution in [2.24, 2.45) is 0 Å². The van der Waals surface area contributed by atoms with Crippen molar-refractivity contribution >= 4 is 22.5 Å². The number of hydrogen-bond donors (Lipinski definition) is 1. The predicted molar refractivity (Wildman–Crippen MR) is 48.5 cm³/mol. The Morgan fingerprint density at radius 1 is 1.67 bits per heavy atom. The Balaban J connectivity index is 3.51. The van der Waals surface area contributed by atoms with Gasteiger partial charge in [-0.1, -0.05) is 0 Å². The average molecular weight is 232 g/mol. The van der Waals surface area contributed by atoms with Crippen LogP contribution in [0.15, 0.2) is 6.20 Å². The summed E-state index contributed by atoms with van der Waals surface area (Å²) in [7, 11) is 0. The van der Waals surface area contributed by atoms with Gasteiger partial charge in [-0.05, 0) is 11.6 Å². The van der Waals surface area contributed by atoms with Crippen molar-refractivity contribution in [1.29, 1.82) is 5.26 Å². The van der Waals surface area contributed by atoms with Crippen LogP contribution in [-0.4, -0.2) is 10.2 Å². The van der Waals surface area contributed by atoms with Crippen LogP contribution in [0.5, 0.6) is 0 Å².